The Morgan fingerprint density at radius 2 is 2.00 bits per heavy atom. The average Bonchev–Trinajstić information content (AvgIpc) is 2.85. The van der Waals surface area contributed by atoms with Gasteiger partial charge in [0.2, 0.25) is 11.6 Å². The van der Waals surface area contributed by atoms with E-state index < -0.39 is 11.6 Å². The van der Waals surface area contributed by atoms with E-state index in [1.54, 1.807) is 11.8 Å². The highest BCUT2D eigenvalue weighted by atomic mass is 32.2. The van der Waals surface area contributed by atoms with Crippen LogP contribution in [-0.2, 0) is 25.6 Å². The summed E-state index contributed by atoms with van der Waals surface area (Å²) in [6.07, 6.45) is 4.80. The smallest absolute Gasteiger partial charge is 0.349 e. The molecule has 0 saturated carbocycles. The molecule has 1 amide bonds. The van der Waals surface area contributed by atoms with Gasteiger partial charge in [-0.05, 0) is 36.3 Å². The number of methoxy groups -OCH3 is 1. The summed E-state index contributed by atoms with van der Waals surface area (Å²) >= 11 is 5.83. The topological polar surface area (TPSA) is 93.9 Å². The molecule has 0 spiro atoms. The number of benzene rings is 1. The molecule has 3 N–H and O–H groups in total. The van der Waals surface area contributed by atoms with Crippen LogP contribution in [0, 0.1) is 5.92 Å². The second-order valence-electron chi connectivity index (χ2n) is 8.23. The number of carbonyl (C=O) groups is 2. The molecule has 0 aliphatic carbocycles. The molecule has 0 aliphatic heterocycles. The van der Waals surface area contributed by atoms with Crippen LogP contribution < -0.4 is 11.1 Å². The summed E-state index contributed by atoms with van der Waals surface area (Å²) in [6.45, 7) is 4.86. The first-order chi connectivity index (χ1) is 15.8. The maximum absolute atomic E-state index is 13.5. The molecule has 1 rings (SSSR count). The van der Waals surface area contributed by atoms with E-state index in [9.17, 15) is 9.59 Å². The van der Waals surface area contributed by atoms with Crippen LogP contribution in [0.4, 0.5) is 0 Å². The number of nitrogens with two attached hydrogens (primary N) is 1. The van der Waals surface area contributed by atoms with Crippen molar-refractivity contribution in [2.45, 2.75) is 57.7 Å². The molecular weight excluding hydrogens is 458 g/mol. The van der Waals surface area contributed by atoms with Gasteiger partial charge < -0.3 is 10.5 Å². The van der Waals surface area contributed by atoms with Gasteiger partial charge in [0, 0.05) is 31.2 Å². The number of hydrogen-bond donors (Lipinski definition) is 3. The molecule has 0 saturated heterocycles. The zero-order chi connectivity index (χ0) is 24.7. The van der Waals surface area contributed by atoms with Gasteiger partial charge in [-0.3, -0.25) is 14.9 Å². The lowest BCUT2D eigenvalue weighted by Gasteiger charge is -2.41. The summed E-state index contributed by atoms with van der Waals surface area (Å²) in [6, 6.07) is 9.48. The van der Waals surface area contributed by atoms with Crippen LogP contribution in [0.5, 0.6) is 0 Å². The molecule has 33 heavy (non-hydrogen) atoms. The van der Waals surface area contributed by atoms with Crippen molar-refractivity contribution < 1.29 is 19.2 Å². The minimum Gasteiger partial charge on any atom is -0.466 e. The minimum absolute atomic E-state index is 0.200. The van der Waals surface area contributed by atoms with Crippen molar-refractivity contribution in [3.05, 3.63) is 35.9 Å². The number of hydroxylamine groups is 2. The highest BCUT2D eigenvalue weighted by molar-refractivity contribution is 7.98. The Labute approximate surface area is 208 Å². The monoisotopic (exact) mass is 499 g/mol. The lowest BCUT2D eigenvalue weighted by Crippen LogP contribution is -2.67. The minimum atomic E-state index is -1.47. The number of carbonyl (C=O) groups excluding carboxylic acids is 2. The van der Waals surface area contributed by atoms with Crippen LogP contribution in [0.15, 0.2) is 30.3 Å². The third kappa shape index (κ3) is 9.86. The van der Waals surface area contributed by atoms with Crippen LogP contribution in [0.3, 0.4) is 0 Å². The summed E-state index contributed by atoms with van der Waals surface area (Å²) < 4.78 is 5.18. The number of thiol groups is 1. The molecule has 0 radical (unpaired) electrons. The van der Waals surface area contributed by atoms with E-state index >= 15 is 0 Å². The highest BCUT2D eigenvalue weighted by Crippen LogP contribution is 2.24. The SMILES string of the molecule is CC[C@H](C)CCON(C(=O)CCc1ccccc1)[C@](CCSC)(NCC(N)CS)C(=O)OC. The quantitative estimate of drug-likeness (QED) is 0.131. The Bertz CT molecular complexity index is 696. The number of rotatable bonds is 17. The first-order valence-electron chi connectivity index (χ1n) is 11.5. The Morgan fingerprint density at radius 3 is 2.58 bits per heavy atom. The van der Waals surface area contributed by atoms with Gasteiger partial charge in [0.15, 0.2) is 0 Å². The summed E-state index contributed by atoms with van der Waals surface area (Å²) in [7, 11) is 1.32. The number of esters is 1. The first-order valence-corrected chi connectivity index (χ1v) is 13.6. The van der Waals surface area contributed by atoms with Crippen molar-refractivity contribution in [3.63, 3.8) is 0 Å². The van der Waals surface area contributed by atoms with Crippen LogP contribution in [0.1, 0.15) is 45.1 Å². The van der Waals surface area contributed by atoms with E-state index in [1.807, 2.05) is 36.6 Å². The van der Waals surface area contributed by atoms with Gasteiger partial charge in [-0.2, -0.15) is 29.5 Å². The van der Waals surface area contributed by atoms with E-state index in [4.69, 9.17) is 15.3 Å². The number of hydrogen-bond acceptors (Lipinski definition) is 8. The molecule has 0 aromatic heterocycles. The molecule has 1 unspecified atom stereocenters. The predicted molar refractivity (Wildman–Crippen MR) is 139 cm³/mol. The van der Waals surface area contributed by atoms with Crippen molar-refractivity contribution in [1.29, 1.82) is 0 Å². The number of ether oxygens (including phenoxy) is 1. The Morgan fingerprint density at radius 1 is 1.30 bits per heavy atom. The summed E-state index contributed by atoms with van der Waals surface area (Å²) in [5, 5.41) is 4.45. The zero-order valence-corrected chi connectivity index (χ0v) is 22.1. The maximum atomic E-state index is 13.5. The number of aryl methyl sites for hydroxylation is 1. The summed E-state index contributed by atoms with van der Waals surface area (Å²) in [5.74, 6) is 0.649. The Balaban J connectivity index is 3.24. The molecule has 188 valence electrons. The molecule has 7 nitrogen and oxygen atoms in total. The fourth-order valence-electron chi connectivity index (χ4n) is 3.24. The van der Waals surface area contributed by atoms with Gasteiger partial charge in [0.25, 0.3) is 0 Å². The van der Waals surface area contributed by atoms with E-state index in [-0.39, 0.29) is 24.9 Å². The predicted octanol–water partition coefficient (Wildman–Crippen LogP) is 3.28. The van der Waals surface area contributed by atoms with Gasteiger partial charge in [-0.25, -0.2) is 4.79 Å². The van der Waals surface area contributed by atoms with Gasteiger partial charge in [-0.1, -0.05) is 50.6 Å². The standard InChI is InChI=1S/C24H41N3O4S2/c1-5-19(2)13-15-31-27(22(28)12-11-20-9-7-6-8-10-20)24(14-16-33-4,23(29)30-3)26-17-21(25)18-32/h6-10,19,21,26,32H,5,11-18,25H2,1-4H3/t19-,21?,24-/m0/s1. The van der Waals surface area contributed by atoms with Crippen molar-refractivity contribution in [2.24, 2.45) is 11.7 Å². The van der Waals surface area contributed by atoms with E-state index in [0.717, 1.165) is 18.4 Å². The number of nitrogens with one attached hydrogen (secondary N) is 1. The van der Waals surface area contributed by atoms with E-state index in [2.05, 4.69) is 31.8 Å². The Hall–Kier alpha value is -1.26. The van der Waals surface area contributed by atoms with Crippen molar-refractivity contribution in [3.8, 4) is 0 Å². The van der Waals surface area contributed by atoms with E-state index in [1.165, 1.54) is 12.2 Å². The maximum Gasteiger partial charge on any atom is 0.349 e. The number of nitrogens with zero attached hydrogens (tertiary/aromatic N) is 1. The molecular formula is C24H41N3O4S2. The lowest BCUT2D eigenvalue weighted by atomic mass is 10.0. The zero-order valence-electron chi connectivity index (χ0n) is 20.4. The van der Waals surface area contributed by atoms with Crippen LogP contribution >= 0.6 is 24.4 Å². The van der Waals surface area contributed by atoms with Crippen molar-refractivity contribution in [2.75, 3.05) is 38.0 Å². The third-order valence-electron chi connectivity index (χ3n) is 5.65. The molecule has 9 heteroatoms. The normalized spacial score (nSPS) is 14.8. The molecule has 1 aromatic rings. The largest absolute Gasteiger partial charge is 0.466 e. The van der Waals surface area contributed by atoms with Gasteiger partial charge >= 0.3 is 5.97 Å². The van der Waals surface area contributed by atoms with Crippen LogP contribution in [0.25, 0.3) is 0 Å². The van der Waals surface area contributed by atoms with E-state index in [0.29, 0.717) is 36.9 Å². The summed E-state index contributed by atoms with van der Waals surface area (Å²) in [5.41, 5.74) is 5.65. The van der Waals surface area contributed by atoms with Gasteiger partial charge in [-0.15, -0.1) is 0 Å². The molecule has 1 aromatic carbocycles. The molecule has 3 atom stereocenters. The number of thioether (sulfide) groups is 1. The molecule has 0 fully saturated rings. The third-order valence-corrected chi connectivity index (χ3v) is 6.74. The molecule has 0 bridgehead atoms. The van der Waals surface area contributed by atoms with Crippen LogP contribution in [-0.4, -0.2) is 66.7 Å². The van der Waals surface area contributed by atoms with Gasteiger partial charge in [0.1, 0.15) is 0 Å². The second kappa shape index (κ2) is 16.4. The van der Waals surface area contributed by atoms with Crippen LogP contribution in [0.2, 0.25) is 0 Å². The first kappa shape index (κ1) is 29.8. The van der Waals surface area contributed by atoms with Crippen molar-refractivity contribution >= 4 is 36.3 Å². The Kier molecular flexibility index (Phi) is 14.8. The summed E-state index contributed by atoms with van der Waals surface area (Å²) in [4.78, 5) is 32.8. The molecule has 0 aliphatic rings. The lowest BCUT2D eigenvalue weighted by molar-refractivity contribution is -0.237. The fourth-order valence-corrected chi connectivity index (χ4v) is 3.87. The molecule has 0 heterocycles. The number of amides is 1. The second-order valence-corrected chi connectivity index (χ2v) is 9.58. The highest BCUT2D eigenvalue weighted by Gasteiger charge is 2.48. The van der Waals surface area contributed by atoms with Crippen molar-refractivity contribution in [1.82, 2.24) is 10.4 Å². The average molecular weight is 500 g/mol. The van der Waals surface area contributed by atoms with Gasteiger partial charge in [0.05, 0.1) is 13.7 Å². The fraction of sp³-hybridized carbons (Fsp3) is 0.667.